The molecule has 1 fully saturated rings. The molecule has 0 aromatic rings. The van der Waals surface area contributed by atoms with E-state index in [-0.39, 0.29) is 0 Å². The molecule has 1 rings (SSSR count). The lowest BCUT2D eigenvalue weighted by atomic mass is 10.4. The van der Waals surface area contributed by atoms with Gasteiger partial charge in [0, 0.05) is 26.2 Å². The highest BCUT2D eigenvalue weighted by molar-refractivity contribution is 7.52. The zero-order chi connectivity index (χ0) is 8.74. The van der Waals surface area contributed by atoms with E-state index in [0.717, 1.165) is 26.2 Å². The third-order valence-electron chi connectivity index (χ3n) is 0.957. The average molecular weight is 182 g/mol. The van der Waals surface area contributed by atoms with Crippen LogP contribution in [0, 0.1) is 0 Å². The van der Waals surface area contributed by atoms with Gasteiger partial charge in [-0.2, -0.15) is 0 Å². The summed E-state index contributed by atoms with van der Waals surface area (Å²) in [5.74, 6) is 0. The predicted octanol–water partition coefficient (Wildman–Crippen LogP) is -1.82. The summed E-state index contributed by atoms with van der Waals surface area (Å²) in [4.78, 5) is 7.63. The van der Waals surface area contributed by atoms with Crippen molar-refractivity contribution in [2.24, 2.45) is 11.0 Å². The monoisotopic (exact) mass is 182 g/mol. The molecule has 7 heteroatoms. The Morgan fingerprint density at radius 2 is 1.27 bits per heavy atom. The molecule has 68 valence electrons. The summed E-state index contributed by atoms with van der Waals surface area (Å²) in [5, 5.41) is 6.44. The molecule has 7 N–H and O–H groups in total. The summed E-state index contributed by atoms with van der Waals surface area (Å²) in [5.41, 5.74) is 8.49. The molecule has 0 atom stereocenters. The van der Waals surface area contributed by atoms with Crippen LogP contribution in [0.2, 0.25) is 0 Å². The van der Waals surface area contributed by atoms with E-state index in [1.54, 1.807) is 0 Å². The quantitative estimate of drug-likeness (QED) is 0.282. The van der Waals surface area contributed by atoms with Gasteiger partial charge >= 0.3 is 7.67 Å². The van der Waals surface area contributed by atoms with E-state index in [4.69, 9.17) is 4.89 Å². The molecule has 0 bridgehead atoms. The minimum absolute atomic E-state index is 1.14. The standard InChI is InChI=1S/C4H10N2.H5N2O2P/c1-2-6-4-3-5-1;1-5(2,3)4/h5-6H,1-4H2;(H5,1,2,3,4). The Morgan fingerprint density at radius 1 is 1.09 bits per heavy atom. The van der Waals surface area contributed by atoms with Crippen molar-refractivity contribution in [2.45, 2.75) is 0 Å². The third kappa shape index (κ3) is 17.8. The van der Waals surface area contributed by atoms with Crippen molar-refractivity contribution in [3.63, 3.8) is 0 Å². The maximum absolute atomic E-state index is 9.33. The van der Waals surface area contributed by atoms with Crippen molar-refractivity contribution in [1.29, 1.82) is 0 Å². The SMILES string of the molecule is C1CNCCN1.NP(N)(=O)O. The van der Waals surface area contributed by atoms with Gasteiger partial charge in [-0.1, -0.05) is 0 Å². The Hall–Kier alpha value is 0.0300. The van der Waals surface area contributed by atoms with E-state index in [0.29, 0.717) is 0 Å². The summed E-state index contributed by atoms with van der Waals surface area (Å²) in [6.45, 7) is 4.56. The maximum atomic E-state index is 9.33. The molecule has 0 saturated carbocycles. The first-order valence-electron chi connectivity index (χ1n) is 3.31. The van der Waals surface area contributed by atoms with E-state index >= 15 is 0 Å². The van der Waals surface area contributed by atoms with Crippen molar-refractivity contribution in [2.75, 3.05) is 26.2 Å². The van der Waals surface area contributed by atoms with Crippen LogP contribution in [0.1, 0.15) is 0 Å². The molecule has 1 heterocycles. The summed E-state index contributed by atoms with van der Waals surface area (Å²) in [6, 6.07) is 0. The van der Waals surface area contributed by atoms with Crippen molar-refractivity contribution in [3.05, 3.63) is 0 Å². The van der Waals surface area contributed by atoms with Gasteiger partial charge in [-0.15, -0.1) is 0 Å². The Bertz CT molecular complexity index is 112. The van der Waals surface area contributed by atoms with Crippen LogP contribution in [0.5, 0.6) is 0 Å². The first-order chi connectivity index (χ1) is 5.00. The van der Waals surface area contributed by atoms with Gasteiger partial charge < -0.3 is 15.5 Å². The number of nitrogens with two attached hydrogens (primary N) is 2. The topological polar surface area (TPSA) is 113 Å². The van der Waals surface area contributed by atoms with Gasteiger partial charge in [0.05, 0.1) is 0 Å². The van der Waals surface area contributed by atoms with E-state index < -0.39 is 7.67 Å². The van der Waals surface area contributed by atoms with Gasteiger partial charge in [-0.3, -0.25) is 4.57 Å². The highest BCUT2D eigenvalue weighted by Crippen LogP contribution is 2.13. The van der Waals surface area contributed by atoms with Crippen molar-refractivity contribution >= 4 is 7.67 Å². The Kier molecular flexibility index (Phi) is 5.67. The minimum Gasteiger partial charge on any atom is -0.322 e. The van der Waals surface area contributed by atoms with Crippen molar-refractivity contribution < 1.29 is 9.46 Å². The molecule has 0 aromatic carbocycles. The average Bonchev–Trinajstić information content (AvgIpc) is 1.88. The lowest BCUT2D eigenvalue weighted by molar-refractivity contribution is 0.481. The number of hydrogen-bond donors (Lipinski definition) is 5. The van der Waals surface area contributed by atoms with Crippen LogP contribution in [-0.4, -0.2) is 31.1 Å². The zero-order valence-electron chi connectivity index (χ0n) is 6.29. The minimum atomic E-state index is -3.64. The largest absolute Gasteiger partial charge is 0.332 e. The molecule has 1 aliphatic rings. The molecule has 0 amide bonds. The van der Waals surface area contributed by atoms with E-state index in [1.165, 1.54) is 0 Å². The predicted molar refractivity (Wildman–Crippen MR) is 43.9 cm³/mol. The fraction of sp³-hybridized carbons (Fsp3) is 1.00. The van der Waals surface area contributed by atoms with Crippen LogP contribution in [0.3, 0.4) is 0 Å². The van der Waals surface area contributed by atoms with E-state index in [9.17, 15) is 4.57 Å². The second kappa shape index (κ2) is 5.65. The molecule has 0 aromatic heterocycles. The zero-order valence-corrected chi connectivity index (χ0v) is 7.18. The summed E-state index contributed by atoms with van der Waals surface area (Å²) < 4.78 is 9.33. The van der Waals surface area contributed by atoms with Gasteiger partial charge in [0.15, 0.2) is 0 Å². The Balaban J connectivity index is 0.000000187. The number of hydrogen-bond acceptors (Lipinski definition) is 3. The van der Waals surface area contributed by atoms with Crippen LogP contribution in [0.25, 0.3) is 0 Å². The molecule has 11 heavy (non-hydrogen) atoms. The molecular weight excluding hydrogens is 167 g/mol. The maximum Gasteiger partial charge on any atom is 0.332 e. The van der Waals surface area contributed by atoms with Gasteiger partial charge in [-0.25, -0.2) is 11.0 Å². The number of rotatable bonds is 0. The molecule has 1 saturated heterocycles. The Morgan fingerprint density at radius 3 is 1.36 bits per heavy atom. The lowest BCUT2D eigenvalue weighted by Crippen LogP contribution is -2.39. The van der Waals surface area contributed by atoms with Crippen molar-refractivity contribution in [1.82, 2.24) is 10.6 Å². The number of nitrogens with one attached hydrogen (secondary N) is 2. The van der Waals surface area contributed by atoms with Gasteiger partial charge in [-0.05, 0) is 0 Å². The van der Waals surface area contributed by atoms with E-state index in [2.05, 4.69) is 21.6 Å². The highest BCUT2D eigenvalue weighted by Gasteiger charge is 1.93. The van der Waals surface area contributed by atoms with Gasteiger partial charge in [0.1, 0.15) is 0 Å². The molecule has 6 nitrogen and oxygen atoms in total. The van der Waals surface area contributed by atoms with E-state index in [1.807, 2.05) is 0 Å². The summed E-state index contributed by atoms with van der Waals surface area (Å²) in [6.07, 6.45) is 0. The fourth-order valence-corrected chi connectivity index (χ4v) is 0.604. The van der Waals surface area contributed by atoms with Crippen LogP contribution in [0.15, 0.2) is 0 Å². The first kappa shape index (κ1) is 11.0. The smallest absolute Gasteiger partial charge is 0.322 e. The second-order valence-corrected chi connectivity index (χ2v) is 3.52. The van der Waals surface area contributed by atoms with Crippen molar-refractivity contribution in [3.8, 4) is 0 Å². The summed E-state index contributed by atoms with van der Waals surface area (Å²) in [7, 11) is -3.64. The molecule has 1 aliphatic heterocycles. The van der Waals surface area contributed by atoms with Crippen LogP contribution in [-0.2, 0) is 4.57 Å². The molecule has 0 spiro atoms. The molecular formula is C4H15N4O2P. The number of piperazine rings is 1. The fourth-order valence-electron chi connectivity index (χ4n) is 0.604. The second-order valence-electron chi connectivity index (χ2n) is 2.17. The van der Waals surface area contributed by atoms with Crippen LogP contribution in [0.4, 0.5) is 0 Å². The molecule has 0 unspecified atom stereocenters. The lowest BCUT2D eigenvalue weighted by Gasteiger charge is -2.11. The van der Waals surface area contributed by atoms with Crippen LogP contribution >= 0.6 is 7.67 Å². The first-order valence-corrected chi connectivity index (χ1v) is 5.11. The van der Waals surface area contributed by atoms with Crippen LogP contribution < -0.4 is 21.6 Å². The summed E-state index contributed by atoms with van der Waals surface area (Å²) >= 11 is 0. The highest BCUT2D eigenvalue weighted by atomic mass is 31.2. The third-order valence-corrected chi connectivity index (χ3v) is 0.957. The Labute approximate surface area is 65.9 Å². The van der Waals surface area contributed by atoms with Gasteiger partial charge in [0.25, 0.3) is 0 Å². The van der Waals surface area contributed by atoms with Gasteiger partial charge in [0.2, 0.25) is 0 Å². The molecule has 0 aliphatic carbocycles. The normalized spacial score (nSPS) is 18.5. The molecule has 0 radical (unpaired) electrons.